The Bertz CT molecular complexity index is 1520. The van der Waals surface area contributed by atoms with Crippen LogP contribution >= 0.6 is 15.9 Å². The molecule has 0 spiro atoms. The molecule has 0 fully saturated rings. The van der Waals surface area contributed by atoms with Crippen molar-refractivity contribution in [2.45, 2.75) is 0 Å². The van der Waals surface area contributed by atoms with Crippen molar-refractivity contribution in [3.63, 3.8) is 0 Å². The lowest BCUT2D eigenvalue weighted by atomic mass is 9.90. The monoisotopic (exact) mass is 501 g/mol. The fraction of sp³-hybridized carbons (Fsp3) is 0. The van der Waals surface area contributed by atoms with Crippen LogP contribution in [-0.4, -0.2) is 45.8 Å². The molecule has 6 nitrogen and oxygen atoms in total. The van der Waals surface area contributed by atoms with E-state index in [1.807, 2.05) is 54.6 Å². The van der Waals surface area contributed by atoms with Gasteiger partial charge in [-0.25, -0.2) is 0 Å². The zero-order chi connectivity index (χ0) is 23.6. The van der Waals surface area contributed by atoms with Gasteiger partial charge in [-0.1, -0.05) is 48.5 Å². The van der Waals surface area contributed by atoms with Crippen molar-refractivity contribution in [2.75, 3.05) is 0 Å². The molecule has 5 N–H and O–H groups in total. The first kappa shape index (κ1) is 21.2. The number of rotatable bonds is 2. The first-order chi connectivity index (χ1) is 15.8. The number of benzene rings is 4. The molecular formula is C24H18B2BrNO5. The van der Waals surface area contributed by atoms with E-state index in [9.17, 15) is 25.5 Å². The maximum Gasteiger partial charge on any atom is 0.167 e. The third kappa shape index (κ3) is 2.82. The minimum Gasteiger partial charge on any atom is -0.506 e. The molecule has 9 heteroatoms. The van der Waals surface area contributed by atoms with Gasteiger partial charge in [-0.05, 0) is 38.5 Å². The van der Waals surface area contributed by atoms with Gasteiger partial charge in [0.15, 0.2) is 11.5 Å². The van der Waals surface area contributed by atoms with E-state index < -0.39 is 11.5 Å². The van der Waals surface area contributed by atoms with E-state index in [2.05, 4.69) is 15.9 Å². The van der Waals surface area contributed by atoms with E-state index in [0.717, 1.165) is 11.1 Å². The van der Waals surface area contributed by atoms with Crippen LogP contribution in [0.1, 0.15) is 0 Å². The lowest BCUT2D eigenvalue weighted by Gasteiger charge is -2.16. The van der Waals surface area contributed by atoms with Gasteiger partial charge in [0.25, 0.3) is 0 Å². The standard InChI is InChI=1S/C24H18B2BrNO5/c25-15-17(27)20(29)13-14-19(23(32)16(26)24(33)21(14)30)28(18(13)22(15)31)12-9-5-4-8-11(12)10-6-2-1-3-7-10/h1-9,29-33H,25-26H2. The molecule has 0 unspecified atom stereocenters. The minimum absolute atomic E-state index is 0.0296. The highest BCUT2D eigenvalue weighted by molar-refractivity contribution is 9.10. The predicted octanol–water partition coefficient (Wildman–Crippen LogP) is 2.26. The smallest absolute Gasteiger partial charge is 0.167 e. The third-order valence-electron chi connectivity index (χ3n) is 6.15. The fourth-order valence-corrected chi connectivity index (χ4v) is 4.79. The number of para-hydroxylation sites is 1. The second-order valence-electron chi connectivity index (χ2n) is 7.97. The summed E-state index contributed by atoms with van der Waals surface area (Å²) in [6.45, 7) is 0. The Morgan fingerprint density at radius 3 is 1.82 bits per heavy atom. The molecular weight excluding hydrogens is 484 g/mol. The van der Waals surface area contributed by atoms with Crippen LogP contribution in [0.25, 0.3) is 38.6 Å². The predicted molar refractivity (Wildman–Crippen MR) is 139 cm³/mol. The highest BCUT2D eigenvalue weighted by Gasteiger charge is 2.30. The number of halogens is 1. The summed E-state index contributed by atoms with van der Waals surface area (Å²) in [5, 5.41) is 54.9. The van der Waals surface area contributed by atoms with Crippen molar-refractivity contribution in [3.05, 3.63) is 59.1 Å². The normalized spacial score (nSPS) is 11.4. The topological polar surface area (TPSA) is 106 Å². The first-order valence-corrected chi connectivity index (χ1v) is 11.0. The minimum atomic E-state index is -0.494. The number of phenols is 5. The summed E-state index contributed by atoms with van der Waals surface area (Å²) in [4.78, 5) is 0. The Kier molecular flexibility index (Phi) is 4.76. The van der Waals surface area contributed by atoms with Crippen LogP contribution < -0.4 is 10.9 Å². The van der Waals surface area contributed by atoms with Gasteiger partial charge in [-0.2, -0.15) is 0 Å². The zero-order valence-corrected chi connectivity index (χ0v) is 19.3. The molecule has 0 saturated carbocycles. The highest BCUT2D eigenvalue weighted by Crippen LogP contribution is 2.51. The Balaban J connectivity index is 2.11. The van der Waals surface area contributed by atoms with Crippen molar-refractivity contribution in [3.8, 4) is 45.6 Å². The fourth-order valence-electron chi connectivity index (χ4n) is 4.41. The average molecular weight is 502 g/mol. The van der Waals surface area contributed by atoms with Crippen LogP contribution in [0.15, 0.2) is 59.1 Å². The Labute approximate surface area is 198 Å². The zero-order valence-electron chi connectivity index (χ0n) is 17.8. The van der Waals surface area contributed by atoms with Crippen LogP contribution in [0.5, 0.6) is 28.7 Å². The lowest BCUT2D eigenvalue weighted by Crippen LogP contribution is -2.08. The first-order valence-electron chi connectivity index (χ1n) is 10.2. The Morgan fingerprint density at radius 2 is 1.15 bits per heavy atom. The van der Waals surface area contributed by atoms with Crippen molar-refractivity contribution in [2.24, 2.45) is 0 Å². The quantitative estimate of drug-likeness (QED) is 0.145. The van der Waals surface area contributed by atoms with E-state index in [-0.39, 0.29) is 49.0 Å². The summed E-state index contributed by atoms with van der Waals surface area (Å²) >= 11 is 3.30. The van der Waals surface area contributed by atoms with Gasteiger partial charge in [0.2, 0.25) is 0 Å². The maximum atomic E-state index is 11.2. The van der Waals surface area contributed by atoms with Gasteiger partial charge < -0.3 is 30.1 Å². The van der Waals surface area contributed by atoms with Gasteiger partial charge >= 0.3 is 0 Å². The summed E-state index contributed by atoms with van der Waals surface area (Å²) in [6, 6.07) is 17.1. The van der Waals surface area contributed by atoms with Gasteiger partial charge in [0.1, 0.15) is 32.9 Å². The largest absolute Gasteiger partial charge is 0.506 e. The van der Waals surface area contributed by atoms with E-state index >= 15 is 0 Å². The average Bonchev–Trinajstić information content (AvgIpc) is 3.20. The van der Waals surface area contributed by atoms with E-state index in [1.165, 1.54) is 7.85 Å². The summed E-state index contributed by atoms with van der Waals surface area (Å²) < 4.78 is 1.87. The molecule has 5 aromatic rings. The third-order valence-corrected chi connectivity index (χ3v) is 7.12. The second-order valence-corrected chi connectivity index (χ2v) is 8.77. The van der Waals surface area contributed by atoms with Crippen molar-refractivity contribution in [1.29, 1.82) is 0 Å². The number of phenolic OH excluding ortho intramolecular Hbond substituents is 5. The molecule has 0 aliphatic rings. The van der Waals surface area contributed by atoms with Crippen LogP contribution in [0.4, 0.5) is 0 Å². The molecule has 0 atom stereocenters. The molecule has 1 heterocycles. The van der Waals surface area contributed by atoms with Crippen LogP contribution in [0.2, 0.25) is 0 Å². The van der Waals surface area contributed by atoms with E-state index in [1.54, 1.807) is 12.4 Å². The molecule has 0 aliphatic heterocycles. The molecule has 1 aromatic heterocycles. The second kappa shape index (κ2) is 7.42. The van der Waals surface area contributed by atoms with Gasteiger partial charge in [0.05, 0.1) is 32.0 Å². The number of hydrogen-bond acceptors (Lipinski definition) is 5. The Hall–Kier alpha value is -3.71. The molecule has 33 heavy (non-hydrogen) atoms. The highest BCUT2D eigenvalue weighted by atomic mass is 79.9. The van der Waals surface area contributed by atoms with Crippen molar-refractivity contribution < 1.29 is 25.5 Å². The van der Waals surface area contributed by atoms with Crippen molar-refractivity contribution >= 4 is 64.4 Å². The van der Waals surface area contributed by atoms with Gasteiger partial charge in [0, 0.05) is 5.56 Å². The molecule has 0 amide bonds. The summed E-state index contributed by atoms with van der Waals surface area (Å²) in [5.74, 6) is -1.62. The van der Waals surface area contributed by atoms with Crippen LogP contribution in [0, 0.1) is 0 Å². The van der Waals surface area contributed by atoms with E-state index in [0.29, 0.717) is 11.2 Å². The van der Waals surface area contributed by atoms with Gasteiger partial charge in [-0.3, -0.25) is 0 Å². The molecule has 0 radical (unpaired) electrons. The number of aromatic nitrogens is 1. The SMILES string of the molecule is Bc1c(O)c(O)c2c3c(O)c(Br)c(B)c(O)c3n(-c3ccccc3-c3ccccc3)c2c1O. The number of nitrogens with zero attached hydrogens (tertiary/aromatic N) is 1. The lowest BCUT2D eigenvalue weighted by molar-refractivity contribution is 0.406. The molecule has 0 aliphatic carbocycles. The summed E-state index contributed by atoms with van der Waals surface area (Å²) in [5.41, 5.74) is 3.14. The molecule has 4 aromatic carbocycles. The summed E-state index contributed by atoms with van der Waals surface area (Å²) in [7, 11) is 3.13. The number of aromatic hydroxyl groups is 5. The van der Waals surface area contributed by atoms with E-state index in [4.69, 9.17) is 0 Å². The van der Waals surface area contributed by atoms with Crippen molar-refractivity contribution in [1.82, 2.24) is 4.57 Å². The number of hydrogen-bond donors (Lipinski definition) is 5. The molecule has 0 saturated heterocycles. The molecule has 0 bridgehead atoms. The van der Waals surface area contributed by atoms with Crippen LogP contribution in [0.3, 0.4) is 0 Å². The number of fused-ring (bicyclic) bond motifs is 3. The van der Waals surface area contributed by atoms with Gasteiger partial charge in [-0.15, -0.1) is 0 Å². The molecule has 162 valence electrons. The molecule has 5 rings (SSSR count). The Morgan fingerprint density at radius 1 is 0.606 bits per heavy atom. The summed E-state index contributed by atoms with van der Waals surface area (Å²) in [6.07, 6.45) is 0. The maximum absolute atomic E-state index is 11.2. The van der Waals surface area contributed by atoms with Crippen LogP contribution in [-0.2, 0) is 0 Å².